The molecule has 4 aliphatic carbocycles. The highest BCUT2D eigenvalue weighted by Crippen LogP contribution is 2.64. The van der Waals surface area contributed by atoms with Crippen molar-refractivity contribution in [3.05, 3.63) is 12.7 Å². The van der Waals surface area contributed by atoms with Gasteiger partial charge in [-0.2, -0.15) is 0 Å². The Kier molecular flexibility index (Phi) is 3.51. The molecule has 21 heavy (non-hydrogen) atoms. The zero-order chi connectivity index (χ0) is 14.6. The lowest BCUT2D eigenvalue weighted by Crippen LogP contribution is -2.48. The average Bonchev–Trinajstić information content (AvgIpc) is 2.83. The fourth-order valence-corrected chi connectivity index (χ4v) is 7.47. The molecule has 0 nitrogen and oxygen atoms in total. The predicted molar refractivity (Wildman–Crippen MR) is 90.0 cm³/mol. The smallest absolute Gasteiger partial charge is 0.0179 e. The Morgan fingerprint density at radius 2 is 1.71 bits per heavy atom. The lowest BCUT2D eigenvalue weighted by molar-refractivity contribution is -0.0632. The molecule has 4 saturated carbocycles. The van der Waals surface area contributed by atoms with E-state index in [1.165, 1.54) is 32.1 Å². The summed E-state index contributed by atoms with van der Waals surface area (Å²) >= 11 is 0. The first-order valence-corrected chi connectivity index (χ1v) is 9.76. The molecular formula is C21H34. The van der Waals surface area contributed by atoms with Crippen LogP contribution < -0.4 is 0 Å². The van der Waals surface area contributed by atoms with Crippen LogP contribution in [0.5, 0.6) is 0 Å². The molecule has 0 radical (unpaired) electrons. The van der Waals surface area contributed by atoms with Gasteiger partial charge in [0.1, 0.15) is 0 Å². The van der Waals surface area contributed by atoms with E-state index in [9.17, 15) is 0 Å². The van der Waals surface area contributed by atoms with Gasteiger partial charge in [0.05, 0.1) is 0 Å². The first-order chi connectivity index (χ1) is 10.1. The normalized spacial score (nSPS) is 56.2. The third-order valence-electron chi connectivity index (χ3n) is 8.58. The van der Waals surface area contributed by atoms with Crippen molar-refractivity contribution >= 4 is 0 Å². The van der Waals surface area contributed by atoms with Crippen molar-refractivity contribution in [3.63, 3.8) is 0 Å². The molecule has 0 heterocycles. The molecule has 0 spiro atoms. The quantitative estimate of drug-likeness (QED) is 0.513. The van der Waals surface area contributed by atoms with E-state index in [1.807, 2.05) is 0 Å². The third-order valence-corrected chi connectivity index (χ3v) is 8.58. The lowest BCUT2D eigenvalue weighted by Gasteiger charge is -2.56. The van der Waals surface area contributed by atoms with Crippen molar-refractivity contribution in [1.29, 1.82) is 0 Å². The molecule has 0 heteroatoms. The van der Waals surface area contributed by atoms with Gasteiger partial charge in [-0.25, -0.2) is 0 Å². The molecule has 0 N–H and O–H groups in total. The number of hydrogen-bond acceptors (Lipinski definition) is 0. The summed E-state index contributed by atoms with van der Waals surface area (Å²) in [5.41, 5.74) is 0.607. The van der Waals surface area contributed by atoms with Crippen LogP contribution in [-0.4, -0.2) is 0 Å². The van der Waals surface area contributed by atoms with E-state index in [1.54, 1.807) is 25.7 Å². The van der Waals surface area contributed by atoms with E-state index in [4.69, 9.17) is 0 Å². The summed E-state index contributed by atoms with van der Waals surface area (Å²) in [5, 5.41) is 0. The molecule has 0 amide bonds. The summed E-state index contributed by atoms with van der Waals surface area (Å²) in [6.07, 6.45) is 16.0. The summed E-state index contributed by atoms with van der Waals surface area (Å²) in [6.45, 7) is 9.28. The first-order valence-electron chi connectivity index (χ1n) is 9.76. The Labute approximate surface area is 131 Å². The fourth-order valence-electron chi connectivity index (χ4n) is 7.47. The van der Waals surface area contributed by atoms with Gasteiger partial charge < -0.3 is 0 Å². The molecule has 0 saturated heterocycles. The van der Waals surface area contributed by atoms with Gasteiger partial charge in [-0.05, 0) is 98.2 Å². The van der Waals surface area contributed by atoms with Crippen molar-refractivity contribution < 1.29 is 0 Å². The molecule has 118 valence electrons. The van der Waals surface area contributed by atoms with Crippen LogP contribution in [0.2, 0.25) is 0 Å². The van der Waals surface area contributed by atoms with Gasteiger partial charge >= 0.3 is 0 Å². The van der Waals surface area contributed by atoms with E-state index < -0.39 is 0 Å². The molecule has 0 aromatic carbocycles. The zero-order valence-corrected chi connectivity index (χ0v) is 14.2. The fraction of sp³-hybridized carbons (Fsp3) is 0.905. The summed E-state index contributed by atoms with van der Waals surface area (Å²) < 4.78 is 0. The summed E-state index contributed by atoms with van der Waals surface area (Å²) in [4.78, 5) is 0. The molecule has 0 bridgehead atoms. The zero-order valence-electron chi connectivity index (χ0n) is 14.2. The largest absolute Gasteiger partial charge is 0.103 e. The van der Waals surface area contributed by atoms with Gasteiger partial charge in [0.25, 0.3) is 0 Å². The minimum atomic E-state index is 0.607. The van der Waals surface area contributed by atoms with Gasteiger partial charge in [-0.1, -0.05) is 26.3 Å². The standard InChI is InChI=1S/C21H34/c1-4-16-8-10-20-18-9-7-15-6-5-14(2)13-19(15)17(18)11-12-21(16,20)3/h4,14-20H,1,5-13H2,2-3H3. The first kappa shape index (κ1) is 14.3. The van der Waals surface area contributed by atoms with Crippen LogP contribution in [-0.2, 0) is 0 Å². The second-order valence-corrected chi connectivity index (χ2v) is 9.32. The van der Waals surface area contributed by atoms with Crippen LogP contribution in [0.25, 0.3) is 0 Å². The van der Waals surface area contributed by atoms with Crippen molar-refractivity contribution in [1.82, 2.24) is 0 Å². The highest BCUT2D eigenvalue weighted by molar-refractivity contribution is 5.09. The van der Waals surface area contributed by atoms with Gasteiger partial charge in [0, 0.05) is 0 Å². The maximum Gasteiger partial charge on any atom is -0.0179 e. The van der Waals surface area contributed by atoms with Gasteiger partial charge in [0.15, 0.2) is 0 Å². The Hall–Kier alpha value is -0.260. The predicted octanol–water partition coefficient (Wildman–Crippen LogP) is 6.08. The van der Waals surface area contributed by atoms with Crippen molar-refractivity contribution in [2.45, 2.75) is 71.6 Å². The van der Waals surface area contributed by atoms with Gasteiger partial charge in [-0.15, -0.1) is 6.58 Å². The Bertz CT molecular complexity index is 410. The van der Waals surface area contributed by atoms with E-state index in [-0.39, 0.29) is 0 Å². The molecule has 8 atom stereocenters. The van der Waals surface area contributed by atoms with E-state index in [0.29, 0.717) is 5.41 Å². The van der Waals surface area contributed by atoms with Crippen molar-refractivity contribution in [2.24, 2.45) is 46.8 Å². The second kappa shape index (κ2) is 5.14. The molecule has 4 rings (SSSR count). The maximum absolute atomic E-state index is 4.16. The summed E-state index contributed by atoms with van der Waals surface area (Å²) in [6, 6.07) is 0. The molecule has 0 aromatic rings. The van der Waals surface area contributed by atoms with Crippen LogP contribution >= 0.6 is 0 Å². The summed E-state index contributed by atoms with van der Waals surface area (Å²) in [7, 11) is 0. The van der Waals surface area contributed by atoms with Crippen LogP contribution in [0.15, 0.2) is 12.7 Å². The highest BCUT2D eigenvalue weighted by atomic mass is 14.6. The van der Waals surface area contributed by atoms with Gasteiger partial charge in [-0.3, -0.25) is 0 Å². The van der Waals surface area contributed by atoms with E-state index >= 15 is 0 Å². The molecule has 0 aliphatic heterocycles. The maximum atomic E-state index is 4.16. The number of fused-ring (bicyclic) bond motifs is 5. The van der Waals surface area contributed by atoms with Crippen molar-refractivity contribution in [3.8, 4) is 0 Å². The number of rotatable bonds is 1. The summed E-state index contributed by atoms with van der Waals surface area (Å²) in [5.74, 6) is 7.20. The number of allylic oxidation sites excluding steroid dienone is 1. The van der Waals surface area contributed by atoms with Gasteiger partial charge in [0.2, 0.25) is 0 Å². The molecular weight excluding hydrogens is 252 g/mol. The van der Waals surface area contributed by atoms with Crippen LogP contribution in [0, 0.1) is 46.8 Å². The lowest BCUT2D eigenvalue weighted by atomic mass is 9.49. The van der Waals surface area contributed by atoms with E-state index in [2.05, 4.69) is 26.5 Å². The topological polar surface area (TPSA) is 0 Å². The Morgan fingerprint density at radius 3 is 2.52 bits per heavy atom. The monoisotopic (exact) mass is 286 g/mol. The van der Waals surface area contributed by atoms with E-state index in [0.717, 1.165) is 41.4 Å². The Morgan fingerprint density at radius 1 is 0.905 bits per heavy atom. The third kappa shape index (κ3) is 2.07. The number of hydrogen-bond donors (Lipinski definition) is 0. The highest BCUT2D eigenvalue weighted by Gasteiger charge is 2.56. The second-order valence-electron chi connectivity index (χ2n) is 9.32. The molecule has 8 unspecified atom stereocenters. The van der Waals surface area contributed by atoms with Crippen LogP contribution in [0.3, 0.4) is 0 Å². The SMILES string of the molecule is C=CC1CCC2C3CCC4CCC(C)CC4C3CCC12C. The van der Waals surface area contributed by atoms with Crippen molar-refractivity contribution in [2.75, 3.05) is 0 Å². The van der Waals surface area contributed by atoms with Crippen LogP contribution in [0.1, 0.15) is 71.6 Å². The molecule has 4 fully saturated rings. The minimum absolute atomic E-state index is 0.607. The molecule has 0 aromatic heterocycles. The Balaban J connectivity index is 1.58. The molecule has 4 aliphatic rings. The minimum Gasteiger partial charge on any atom is -0.103 e. The van der Waals surface area contributed by atoms with Crippen LogP contribution in [0.4, 0.5) is 0 Å². The average molecular weight is 287 g/mol.